The highest BCUT2D eigenvalue weighted by Crippen LogP contribution is 2.11. The molecule has 0 saturated heterocycles. The van der Waals surface area contributed by atoms with Gasteiger partial charge in [0.1, 0.15) is 5.15 Å². The van der Waals surface area contributed by atoms with Gasteiger partial charge in [0.05, 0.1) is 5.56 Å². The second-order valence-electron chi connectivity index (χ2n) is 2.30. The predicted molar refractivity (Wildman–Crippen MR) is 45.6 cm³/mol. The Morgan fingerprint density at radius 3 is 2.92 bits per heavy atom. The molecule has 0 aliphatic carbocycles. The van der Waals surface area contributed by atoms with Gasteiger partial charge in [-0.2, -0.15) is 0 Å². The van der Waals surface area contributed by atoms with Crippen LogP contribution in [-0.2, 0) is 0 Å². The first-order valence-electron chi connectivity index (χ1n) is 3.28. The largest absolute Gasteiger partial charge is 0.290 e. The van der Waals surface area contributed by atoms with Crippen LogP contribution < -0.4 is 11.3 Å². The Morgan fingerprint density at radius 2 is 2.42 bits per heavy atom. The monoisotopic (exact) mass is 185 g/mol. The van der Waals surface area contributed by atoms with E-state index in [0.717, 1.165) is 5.56 Å². The second kappa shape index (κ2) is 3.51. The Kier molecular flexibility index (Phi) is 2.62. The molecule has 0 fully saturated rings. The number of nitrogens with two attached hydrogens (primary N) is 1. The number of aryl methyl sites for hydroxylation is 1. The summed E-state index contributed by atoms with van der Waals surface area (Å²) >= 11 is 5.59. The van der Waals surface area contributed by atoms with Crippen molar-refractivity contribution < 1.29 is 4.79 Å². The zero-order chi connectivity index (χ0) is 9.14. The van der Waals surface area contributed by atoms with Crippen LogP contribution in [0, 0.1) is 6.92 Å². The van der Waals surface area contributed by atoms with Crippen molar-refractivity contribution in [3.05, 3.63) is 28.5 Å². The Hall–Kier alpha value is -1.13. The van der Waals surface area contributed by atoms with Crippen LogP contribution in [0.1, 0.15) is 15.9 Å². The number of halogens is 1. The lowest BCUT2D eigenvalue weighted by Gasteiger charge is -2.02. The van der Waals surface area contributed by atoms with E-state index in [1.165, 1.54) is 6.20 Å². The van der Waals surface area contributed by atoms with Gasteiger partial charge in [-0.25, -0.2) is 10.8 Å². The number of carbonyl (C=O) groups is 1. The second-order valence-corrected chi connectivity index (χ2v) is 2.68. The Bertz CT molecular complexity index is 314. The van der Waals surface area contributed by atoms with Gasteiger partial charge >= 0.3 is 0 Å². The minimum absolute atomic E-state index is 0.362. The molecule has 0 unspecified atom stereocenters. The number of nitrogens with zero attached hydrogens (tertiary/aromatic N) is 1. The van der Waals surface area contributed by atoms with E-state index in [4.69, 9.17) is 17.4 Å². The van der Waals surface area contributed by atoms with Crippen LogP contribution >= 0.6 is 11.6 Å². The van der Waals surface area contributed by atoms with Crippen molar-refractivity contribution in [1.29, 1.82) is 0 Å². The van der Waals surface area contributed by atoms with Crippen LogP contribution in [0.3, 0.4) is 0 Å². The van der Waals surface area contributed by atoms with Gasteiger partial charge in [-0.05, 0) is 18.6 Å². The van der Waals surface area contributed by atoms with Gasteiger partial charge in [0.25, 0.3) is 5.91 Å². The van der Waals surface area contributed by atoms with Gasteiger partial charge in [0, 0.05) is 6.20 Å². The average molecular weight is 186 g/mol. The summed E-state index contributed by atoms with van der Waals surface area (Å²) in [7, 11) is 0. The van der Waals surface area contributed by atoms with E-state index >= 15 is 0 Å². The van der Waals surface area contributed by atoms with E-state index in [1.54, 1.807) is 13.0 Å². The summed E-state index contributed by atoms with van der Waals surface area (Å²) in [6.45, 7) is 1.76. The molecular formula is C7H8ClN3O. The first-order chi connectivity index (χ1) is 5.65. The van der Waals surface area contributed by atoms with E-state index < -0.39 is 0 Å². The number of carbonyl (C=O) groups excluding carboxylic acids is 1. The number of hydrazine groups is 1. The molecule has 0 bridgehead atoms. The maximum Gasteiger partial charge on any atom is 0.267 e. The molecule has 3 N–H and O–H groups in total. The smallest absolute Gasteiger partial charge is 0.267 e. The number of pyridine rings is 1. The topological polar surface area (TPSA) is 68.0 Å². The van der Waals surface area contributed by atoms with Crippen molar-refractivity contribution in [2.45, 2.75) is 6.92 Å². The van der Waals surface area contributed by atoms with Gasteiger partial charge in [-0.1, -0.05) is 11.6 Å². The fraction of sp³-hybridized carbons (Fsp3) is 0.143. The lowest BCUT2D eigenvalue weighted by molar-refractivity contribution is 0.0952. The Balaban J connectivity index is 3.09. The van der Waals surface area contributed by atoms with Crippen molar-refractivity contribution in [1.82, 2.24) is 10.4 Å². The molecule has 64 valence electrons. The number of nitrogens with one attached hydrogen (secondary N) is 1. The molecular weight excluding hydrogens is 178 g/mol. The zero-order valence-electron chi connectivity index (χ0n) is 6.47. The number of nitrogen functional groups attached to an aromatic ring is 1. The SMILES string of the molecule is Cc1cc(Cl)ncc1C(=O)NN. The molecule has 0 spiro atoms. The quantitative estimate of drug-likeness (QED) is 0.292. The van der Waals surface area contributed by atoms with Crippen molar-refractivity contribution in [2.24, 2.45) is 5.84 Å². The maximum atomic E-state index is 11.0. The molecule has 0 radical (unpaired) electrons. The van der Waals surface area contributed by atoms with Gasteiger partial charge < -0.3 is 0 Å². The molecule has 1 aromatic heterocycles. The van der Waals surface area contributed by atoms with Crippen LogP contribution in [0.25, 0.3) is 0 Å². The molecule has 0 aliphatic heterocycles. The van der Waals surface area contributed by atoms with E-state index in [2.05, 4.69) is 4.98 Å². The molecule has 12 heavy (non-hydrogen) atoms. The van der Waals surface area contributed by atoms with Gasteiger partial charge in [-0.3, -0.25) is 10.2 Å². The molecule has 4 nitrogen and oxygen atoms in total. The van der Waals surface area contributed by atoms with Gasteiger partial charge in [0.15, 0.2) is 0 Å². The van der Waals surface area contributed by atoms with Crippen molar-refractivity contribution >= 4 is 17.5 Å². The minimum Gasteiger partial charge on any atom is -0.290 e. The number of rotatable bonds is 1. The van der Waals surface area contributed by atoms with Gasteiger partial charge in [0.2, 0.25) is 0 Å². The summed E-state index contributed by atoms with van der Waals surface area (Å²) in [6, 6.07) is 1.60. The third-order valence-corrected chi connectivity index (χ3v) is 1.66. The fourth-order valence-corrected chi connectivity index (χ4v) is 1.05. The van der Waals surface area contributed by atoms with Crippen molar-refractivity contribution in [2.75, 3.05) is 0 Å². The summed E-state index contributed by atoms with van der Waals surface area (Å²) in [5, 5.41) is 0.362. The normalized spacial score (nSPS) is 9.58. The summed E-state index contributed by atoms with van der Waals surface area (Å²) in [4.78, 5) is 14.8. The zero-order valence-corrected chi connectivity index (χ0v) is 7.22. The lowest BCUT2D eigenvalue weighted by Crippen LogP contribution is -2.30. The molecule has 0 aliphatic rings. The maximum absolute atomic E-state index is 11.0. The summed E-state index contributed by atoms with van der Waals surface area (Å²) in [5.41, 5.74) is 3.20. The van der Waals surface area contributed by atoms with E-state index in [-0.39, 0.29) is 5.91 Å². The highest BCUT2D eigenvalue weighted by molar-refractivity contribution is 6.29. The molecule has 0 saturated carbocycles. The molecule has 0 aromatic carbocycles. The van der Waals surface area contributed by atoms with E-state index in [9.17, 15) is 4.79 Å². The van der Waals surface area contributed by atoms with Crippen LogP contribution in [0.4, 0.5) is 0 Å². The summed E-state index contributed by atoms with van der Waals surface area (Å²) in [6.07, 6.45) is 1.39. The highest BCUT2D eigenvalue weighted by atomic mass is 35.5. The Labute approximate surface area is 74.7 Å². The standard InChI is InChI=1S/C7H8ClN3O/c1-4-2-6(8)10-3-5(4)7(12)11-9/h2-3H,9H2,1H3,(H,11,12). The molecule has 1 rings (SSSR count). The summed E-state index contributed by atoms with van der Waals surface area (Å²) in [5.74, 6) is 4.59. The fourth-order valence-electron chi connectivity index (χ4n) is 0.837. The first kappa shape index (κ1) is 8.96. The molecule has 5 heteroatoms. The molecule has 1 heterocycles. The molecule has 0 atom stereocenters. The van der Waals surface area contributed by atoms with Crippen LogP contribution in [0.15, 0.2) is 12.3 Å². The van der Waals surface area contributed by atoms with E-state index in [1.807, 2.05) is 5.43 Å². The van der Waals surface area contributed by atoms with Crippen LogP contribution in [-0.4, -0.2) is 10.9 Å². The Morgan fingerprint density at radius 1 is 1.75 bits per heavy atom. The van der Waals surface area contributed by atoms with E-state index in [0.29, 0.717) is 10.7 Å². The average Bonchev–Trinajstić information content (AvgIpc) is 2.03. The molecule has 1 aromatic rings. The number of aromatic nitrogens is 1. The predicted octanol–water partition coefficient (Wildman–Crippen LogP) is 0.647. The van der Waals surface area contributed by atoms with Crippen molar-refractivity contribution in [3.8, 4) is 0 Å². The first-order valence-corrected chi connectivity index (χ1v) is 3.66. The third-order valence-electron chi connectivity index (χ3n) is 1.45. The minimum atomic E-state index is -0.364. The van der Waals surface area contributed by atoms with Crippen LogP contribution in [0.5, 0.6) is 0 Å². The highest BCUT2D eigenvalue weighted by Gasteiger charge is 2.07. The lowest BCUT2D eigenvalue weighted by atomic mass is 10.1. The third kappa shape index (κ3) is 1.72. The number of amides is 1. The van der Waals surface area contributed by atoms with Gasteiger partial charge in [-0.15, -0.1) is 0 Å². The number of hydrogen-bond acceptors (Lipinski definition) is 3. The van der Waals surface area contributed by atoms with Crippen LogP contribution in [0.2, 0.25) is 5.15 Å². The summed E-state index contributed by atoms with van der Waals surface area (Å²) < 4.78 is 0. The van der Waals surface area contributed by atoms with Crippen molar-refractivity contribution in [3.63, 3.8) is 0 Å². The molecule has 1 amide bonds. The number of hydrogen-bond donors (Lipinski definition) is 2.